The lowest BCUT2D eigenvalue weighted by atomic mass is 10.1. The first-order valence-electron chi connectivity index (χ1n) is 12.5. The molecule has 6 nitrogen and oxygen atoms in total. The highest BCUT2D eigenvalue weighted by molar-refractivity contribution is 5.91. The first-order valence-corrected chi connectivity index (χ1v) is 12.5. The lowest BCUT2D eigenvalue weighted by Gasteiger charge is -2.06. The molecule has 0 radical (unpaired) electrons. The fraction of sp³-hybridized carbons (Fsp3) is 0.414. The lowest BCUT2D eigenvalue weighted by molar-refractivity contribution is -0.134. The smallest absolute Gasteiger partial charge is 0.338 e. The Bertz CT molecular complexity index is 944. The molecule has 0 heterocycles. The van der Waals surface area contributed by atoms with Gasteiger partial charge < -0.3 is 14.2 Å². The van der Waals surface area contributed by atoms with Gasteiger partial charge in [0.05, 0.1) is 12.2 Å². The van der Waals surface area contributed by atoms with Crippen LogP contribution in [0.15, 0.2) is 54.6 Å². The fourth-order valence-electron chi connectivity index (χ4n) is 3.28. The number of ether oxygens (including phenoxy) is 3. The van der Waals surface area contributed by atoms with E-state index in [9.17, 15) is 14.4 Å². The van der Waals surface area contributed by atoms with E-state index in [2.05, 4.69) is 13.8 Å². The molecule has 0 N–H and O–H groups in total. The highest BCUT2D eigenvalue weighted by Crippen LogP contribution is 2.19. The maximum atomic E-state index is 12.1. The monoisotopic (exact) mass is 480 g/mol. The molecule has 0 unspecified atom stereocenters. The predicted octanol–water partition coefficient (Wildman–Crippen LogP) is 6.92. The minimum Gasteiger partial charge on any atom is -0.462 e. The topological polar surface area (TPSA) is 78.9 Å². The van der Waals surface area contributed by atoms with Gasteiger partial charge in [-0.05, 0) is 60.9 Å². The number of esters is 3. The molecule has 0 aromatic heterocycles. The van der Waals surface area contributed by atoms with Crippen LogP contribution >= 0.6 is 0 Å². The molecule has 0 bridgehead atoms. The summed E-state index contributed by atoms with van der Waals surface area (Å²) in [6.07, 6.45) is 11.6. The van der Waals surface area contributed by atoms with Crippen LogP contribution in [0.4, 0.5) is 0 Å². The second-order valence-electron chi connectivity index (χ2n) is 8.33. The van der Waals surface area contributed by atoms with Crippen molar-refractivity contribution in [2.24, 2.45) is 0 Å². The van der Waals surface area contributed by atoms with Crippen molar-refractivity contribution < 1.29 is 28.6 Å². The van der Waals surface area contributed by atoms with Crippen LogP contribution in [-0.4, -0.2) is 24.5 Å². The van der Waals surface area contributed by atoms with Crippen LogP contribution in [0.3, 0.4) is 0 Å². The van der Waals surface area contributed by atoms with Crippen molar-refractivity contribution in [3.05, 3.63) is 65.7 Å². The minimum atomic E-state index is -0.541. The van der Waals surface area contributed by atoms with E-state index in [-0.39, 0.29) is 11.9 Å². The fourth-order valence-corrected chi connectivity index (χ4v) is 3.28. The number of benzene rings is 2. The molecule has 0 saturated heterocycles. The summed E-state index contributed by atoms with van der Waals surface area (Å²) in [7, 11) is 0. The Hall–Kier alpha value is -3.41. The van der Waals surface area contributed by atoms with E-state index in [4.69, 9.17) is 14.2 Å². The molecular weight excluding hydrogens is 444 g/mol. The first-order chi connectivity index (χ1) is 17.0. The molecule has 0 aliphatic rings. The molecular formula is C29H36O6. The van der Waals surface area contributed by atoms with Gasteiger partial charge >= 0.3 is 17.9 Å². The van der Waals surface area contributed by atoms with Gasteiger partial charge in [0.25, 0.3) is 0 Å². The Morgan fingerprint density at radius 1 is 0.714 bits per heavy atom. The SMILES string of the molecule is CCCCCCCOC(=O)c1ccc(C=CC(=O)Oc2ccc(OC(=O)CCCCC)cc2)cc1. The van der Waals surface area contributed by atoms with Gasteiger partial charge in [0, 0.05) is 12.5 Å². The van der Waals surface area contributed by atoms with E-state index in [0.717, 1.165) is 44.1 Å². The second kappa shape index (κ2) is 16.3. The maximum absolute atomic E-state index is 12.1. The van der Waals surface area contributed by atoms with Crippen LogP contribution in [0.5, 0.6) is 11.5 Å². The molecule has 6 heteroatoms. The quantitative estimate of drug-likeness (QED) is 0.119. The van der Waals surface area contributed by atoms with E-state index in [0.29, 0.717) is 30.1 Å². The number of carbonyl (C=O) groups is 3. The van der Waals surface area contributed by atoms with Crippen LogP contribution in [-0.2, 0) is 14.3 Å². The van der Waals surface area contributed by atoms with Crippen molar-refractivity contribution in [3.8, 4) is 11.5 Å². The summed E-state index contributed by atoms with van der Waals surface area (Å²) in [6, 6.07) is 13.2. The first kappa shape index (κ1) is 27.8. The predicted molar refractivity (Wildman–Crippen MR) is 136 cm³/mol. The van der Waals surface area contributed by atoms with Crippen LogP contribution in [0, 0.1) is 0 Å². The van der Waals surface area contributed by atoms with Gasteiger partial charge in [0.15, 0.2) is 0 Å². The van der Waals surface area contributed by atoms with E-state index < -0.39 is 5.97 Å². The molecule has 2 aromatic carbocycles. The third-order valence-corrected chi connectivity index (χ3v) is 5.30. The molecule has 188 valence electrons. The van der Waals surface area contributed by atoms with Crippen molar-refractivity contribution in [2.75, 3.05) is 6.61 Å². The number of hydrogen-bond acceptors (Lipinski definition) is 6. The van der Waals surface area contributed by atoms with Gasteiger partial charge in [-0.3, -0.25) is 4.79 Å². The molecule has 0 atom stereocenters. The van der Waals surface area contributed by atoms with Crippen molar-refractivity contribution in [1.82, 2.24) is 0 Å². The van der Waals surface area contributed by atoms with Crippen LogP contribution in [0.25, 0.3) is 6.08 Å². The summed E-state index contributed by atoms with van der Waals surface area (Å²) in [5.41, 5.74) is 1.23. The van der Waals surface area contributed by atoms with Crippen LogP contribution in [0.1, 0.15) is 87.6 Å². The average molecular weight is 481 g/mol. The van der Waals surface area contributed by atoms with Gasteiger partial charge in [0.2, 0.25) is 0 Å². The normalized spacial score (nSPS) is 10.8. The molecule has 0 aliphatic carbocycles. The Morgan fingerprint density at radius 2 is 1.31 bits per heavy atom. The van der Waals surface area contributed by atoms with E-state index in [1.54, 1.807) is 54.6 Å². The van der Waals surface area contributed by atoms with Gasteiger partial charge in [-0.25, -0.2) is 9.59 Å². The molecule has 2 rings (SSSR count). The van der Waals surface area contributed by atoms with Gasteiger partial charge in [-0.15, -0.1) is 0 Å². The Labute approximate surface area is 208 Å². The van der Waals surface area contributed by atoms with Crippen molar-refractivity contribution >= 4 is 24.0 Å². The highest BCUT2D eigenvalue weighted by Gasteiger charge is 2.08. The van der Waals surface area contributed by atoms with Gasteiger partial charge in [0.1, 0.15) is 11.5 Å². The number of rotatable bonds is 15. The highest BCUT2D eigenvalue weighted by atomic mass is 16.5. The molecule has 2 aromatic rings. The lowest BCUT2D eigenvalue weighted by Crippen LogP contribution is -2.07. The standard InChI is InChI=1S/C29H36O6/c1-3-5-7-8-10-22-33-29(32)24-15-12-23(13-16-24)14-21-28(31)35-26-19-17-25(18-20-26)34-27(30)11-9-6-4-2/h12-21H,3-11,22H2,1-2H3. The Kier molecular flexibility index (Phi) is 12.9. The summed E-state index contributed by atoms with van der Waals surface area (Å²) >= 11 is 0. The Balaban J connectivity index is 1.75. The summed E-state index contributed by atoms with van der Waals surface area (Å²) in [4.78, 5) is 36.0. The molecule has 0 spiro atoms. The number of carbonyl (C=O) groups excluding carboxylic acids is 3. The maximum Gasteiger partial charge on any atom is 0.338 e. The van der Waals surface area contributed by atoms with E-state index >= 15 is 0 Å². The molecule has 0 aliphatic heterocycles. The third kappa shape index (κ3) is 11.5. The third-order valence-electron chi connectivity index (χ3n) is 5.30. The van der Waals surface area contributed by atoms with Gasteiger partial charge in [-0.2, -0.15) is 0 Å². The molecule has 35 heavy (non-hydrogen) atoms. The zero-order valence-electron chi connectivity index (χ0n) is 20.8. The van der Waals surface area contributed by atoms with E-state index in [1.165, 1.54) is 18.9 Å². The van der Waals surface area contributed by atoms with E-state index in [1.807, 2.05) is 0 Å². The minimum absolute atomic E-state index is 0.271. The second-order valence-corrected chi connectivity index (χ2v) is 8.33. The Morgan fingerprint density at radius 3 is 1.97 bits per heavy atom. The summed E-state index contributed by atoms with van der Waals surface area (Å²) in [5, 5.41) is 0. The zero-order chi connectivity index (χ0) is 25.3. The largest absolute Gasteiger partial charge is 0.462 e. The number of hydrogen-bond donors (Lipinski definition) is 0. The van der Waals surface area contributed by atoms with Crippen LogP contribution < -0.4 is 9.47 Å². The van der Waals surface area contributed by atoms with Crippen LogP contribution in [0.2, 0.25) is 0 Å². The van der Waals surface area contributed by atoms with Crippen molar-refractivity contribution in [2.45, 2.75) is 71.6 Å². The van der Waals surface area contributed by atoms with Gasteiger partial charge in [-0.1, -0.05) is 64.5 Å². The summed E-state index contributed by atoms with van der Waals surface area (Å²) in [6.45, 7) is 4.67. The number of unbranched alkanes of at least 4 members (excludes halogenated alkanes) is 6. The zero-order valence-corrected chi connectivity index (χ0v) is 20.8. The summed E-state index contributed by atoms with van der Waals surface area (Å²) in [5.74, 6) is -0.394. The molecule has 0 amide bonds. The molecule has 0 fully saturated rings. The van der Waals surface area contributed by atoms with Crippen molar-refractivity contribution in [1.29, 1.82) is 0 Å². The average Bonchev–Trinajstić information content (AvgIpc) is 2.86. The van der Waals surface area contributed by atoms with Crippen molar-refractivity contribution in [3.63, 3.8) is 0 Å². The molecule has 0 saturated carbocycles. The summed E-state index contributed by atoms with van der Waals surface area (Å²) < 4.78 is 15.8.